The fraction of sp³-hybridized carbons (Fsp3) is 0.440. The van der Waals surface area contributed by atoms with Gasteiger partial charge in [-0.15, -0.1) is 0 Å². The summed E-state index contributed by atoms with van der Waals surface area (Å²) in [6, 6.07) is 17.4. The molecule has 0 radical (unpaired) electrons. The van der Waals surface area contributed by atoms with Crippen molar-refractivity contribution in [1.29, 1.82) is 0 Å². The number of hydrogen-bond donors (Lipinski definition) is 1. The van der Waals surface area contributed by atoms with E-state index in [1.807, 2.05) is 50.2 Å². The number of carbonyl (C=O) groups is 2. The Bertz CT molecular complexity index is 851. The summed E-state index contributed by atoms with van der Waals surface area (Å²) in [5, 5.41) is 2.75. The van der Waals surface area contributed by atoms with Gasteiger partial charge in [-0.25, -0.2) is 9.59 Å². The van der Waals surface area contributed by atoms with Gasteiger partial charge in [0.2, 0.25) is 0 Å². The average molecular weight is 441 g/mol. The van der Waals surface area contributed by atoms with Crippen LogP contribution in [0.3, 0.4) is 0 Å². The SMILES string of the molecule is CC(C)(CCN1CCOCC1)C(NC(=O)Oc1ccccc1)C(=O)OCc1ccccc1. The van der Waals surface area contributed by atoms with Gasteiger partial charge in [0.15, 0.2) is 0 Å². The Hall–Kier alpha value is -2.90. The molecule has 172 valence electrons. The minimum atomic E-state index is -0.858. The Labute approximate surface area is 189 Å². The smallest absolute Gasteiger partial charge is 0.413 e. The first kappa shape index (κ1) is 23.8. The number of rotatable bonds is 9. The molecule has 1 N–H and O–H groups in total. The second-order valence-corrected chi connectivity index (χ2v) is 8.57. The minimum absolute atomic E-state index is 0.144. The molecule has 1 aliphatic heterocycles. The van der Waals surface area contributed by atoms with E-state index in [4.69, 9.17) is 14.2 Å². The van der Waals surface area contributed by atoms with Gasteiger partial charge in [-0.3, -0.25) is 4.90 Å². The van der Waals surface area contributed by atoms with Gasteiger partial charge in [0.1, 0.15) is 18.4 Å². The fourth-order valence-electron chi connectivity index (χ4n) is 3.54. The third-order valence-corrected chi connectivity index (χ3v) is 5.63. The fourth-order valence-corrected chi connectivity index (χ4v) is 3.54. The van der Waals surface area contributed by atoms with Crippen molar-refractivity contribution >= 4 is 12.1 Å². The number of nitrogens with zero attached hydrogens (tertiary/aromatic N) is 1. The lowest BCUT2D eigenvalue weighted by molar-refractivity contribution is -0.150. The first-order valence-electron chi connectivity index (χ1n) is 11.0. The highest BCUT2D eigenvalue weighted by Crippen LogP contribution is 2.28. The van der Waals surface area contributed by atoms with E-state index in [2.05, 4.69) is 10.2 Å². The van der Waals surface area contributed by atoms with E-state index in [-0.39, 0.29) is 6.61 Å². The van der Waals surface area contributed by atoms with Crippen LogP contribution in [0.4, 0.5) is 4.79 Å². The molecule has 7 nitrogen and oxygen atoms in total. The molecule has 3 rings (SSSR count). The highest BCUT2D eigenvalue weighted by Gasteiger charge is 2.38. The van der Waals surface area contributed by atoms with Crippen LogP contribution in [-0.2, 0) is 20.9 Å². The second kappa shape index (κ2) is 11.6. The van der Waals surface area contributed by atoms with Crippen LogP contribution in [0.15, 0.2) is 60.7 Å². The summed E-state index contributed by atoms with van der Waals surface area (Å²) in [7, 11) is 0. The van der Waals surface area contributed by atoms with E-state index in [1.54, 1.807) is 24.3 Å². The number of para-hydroxylation sites is 1. The molecule has 2 aromatic rings. The van der Waals surface area contributed by atoms with Crippen LogP contribution in [0.1, 0.15) is 25.8 Å². The van der Waals surface area contributed by atoms with Crippen LogP contribution >= 0.6 is 0 Å². The normalized spacial score (nSPS) is 15.6. The van der Waals surface area contributed by atoms with Crippen LogP contribution < -0.4 is 10.1 Å². The van der Waals surface area contributed by atoms with Gasteiger partial charge in [-0.05, 0) is 36.1 Å². The molecule has 1 saturated heterocycles. The number of amides is 1. The van der Waals surface area contributed by atoms with Gasteiger partial charge in [-0.1, -0.05) is 62.4 Å². The molecular formula is C25H32N2O5. The predicted molar refractivity (Wildman–Crippen MR) is 121 cm³/mol. The lowest BCUT2D eigenvalue weighted by atomic mass is 9.81. The number of morpholine rings is 1. The third-order valence-electron chi connectivity index (χ3n) is 5.63. The number of esters is 1. The zero-order valence-corrected chi connectivity index (χ0v) is 18.8. The molecule has 1 aliphatic rings. The molecule has 1 fully saturated rings. The number of benzene rings is 2. The van der Waals surface area contributed by atoms with Gasteiger partial charge in [-0.2, -0.15) is 0 Å². The number of ether oxygens (including phenoxy) is 3. The van der Waals surface area contributed by atoms with E-state index in [1.165, 1.54) is 0 Å². The Morgan fingerprint density at radius 2 is 1.66 bits per heavy atom. The lowest BCUT2D eigenvalue weighted by Crippen LogP contribution is -2.53. The van der Waals surface area contributed by atoms with E-state index in [0.717, 1.165) is 25.2 Å². The molecule has 0 aromatic heterocycles. The van der Waals surface area contributed by atoms with Crippen LogP contribution in [0.2, 0.25) is 0 Å². The third kappa shape index (κ3) is 7.35. The van der Waals surface area contributed by atoms with Crippen LogP contribution in [0.5, 0.6) is 5.75 Å². The van der Waals surface area contributed by atoms with Crippen molar-refractivity contribution in [2.24, 2.45) is 5.41 Å². The first-order chi connectivity index (χ1) is 15.4. The monoisotopic (exact) mass is 440 g/mol. The first-order valence-corrected chi connectivity index (χ1v) is 11.0. The topological polar surface area (TPSA) is 77.1 Å². The molecule has 0 spiro atoms. The van der Waals surface area contributed by atoms with Crippen molar-refractivity contribution in [2.75, 3.05) is 32.8 Å². The molecule has 1 heterocycles. The van der Waals surface area contributed by atoms with E-state index >= 15 is 0 Å². The molecular weight excluding hydrogens is 408 g/mol. The number of carbonyl (C=O) groups excluding carboxylic acids is 2. The Morgan fingerprint density at radius 1 is 1.03 bits per heavy atom. The molecule has 7 heteroatoms. The van der Waals surface area contributed by atoms with E-state index in [9.17, 15) is 9.59 Å². The molecule has 0 aliphatic carbocycles. The Balaban J connectivity index is 1.66. The van der Waals surface area contributed by atoms with Crippen molar-refractivity contribution in [3.8, 4) is 5.75 Å². The van der Waals surface area contributed by atoms with Gasteiger partial charge in [0, 0.05) is 13.1 Å². The van der Waals surface area contributed by atoms with Crippen LogP contribution in [-0.4, -0.2) is 55.9 Å². The van der Waals surface area contributed by atoms with Crippen LogP contribution in [0.25, 0.3) is 0 Å². The number of nitrogens with one attached hydrogen (secondary N) is 1. The lowest BCUT2D eigenvalue weighted by Gasteiger charge is -2.35. The summed E-state index contributed by atoms with van der Waals surface area (Å²) in [6.45, 7) is 8.02. The minimum Gasteiger partial charge on any atom is -0.459 e. The van der Waals surface area contributed by atoms with Crippen molar-refractivity contribution in [1.82, 2.24) is 10.2 Å². The summed E-state index contributed by atoms with van der Waals surface area (Å²) in [5.41, 5.74) is 0.333. The summed E-state index contributed by atoms with van der Waals surface area (Å²) in [5.74, 6) is -0.0710. The molecule has 2 aromatic carbocycles. The molecule has 1 amide bonds. The molecule has 1 atom stereocenters. The summed E-state index contributed by atoms with van der Waals surface area (Å²) in [4.78, 5) is 28.0. The zero-order chi connectivity index (χ0) is 22.8. The molecule has 0 saturated carbocycles. The summed E-state index contributed by atoms with van der Waals surface area (Å²) in [6.07, 6.45) is 0.0151. The standard InChI is InChI=1S/C25H32N2O5/c1-25(2,13-14-27-15-17-30-18-16-27)22(23(28)31-19-20-9-5-3-6-10-20)26-24(29)32-21-11-7-4-8-12-21/h3-12,22H,13-19H2,1-2H3,(H,26,29). The van der Waals surface area contributed by atoms with E-state index in [0.29, 0.717) is 25.4 Å². The van der Waals surface area contributed by atoms with Gasteiger partial charge < -0.3 is 19.5 Å². The predicted octanol–water partition coefficient (Wildman–Crippen LogP) is 3.64. The molecule has 0 bridgehead atoms. The summed E-state index contributed by atoms with van der Waals surface area (Å²) >= 11 is 0. The van der Waals surface area contributed by atoms with Gasteiger partial charge >= 0.3 is 12.1 Å². The maximum atomic E-state index is 13.1. The molecule has 32 heavy (non-hydrogen) atoms. The van der Waals surface area contributed by atoms with Crippen LogP contribution in [0, 0.1) is 5.41 Å². The highest BCUT2D eigenvalue weighted by atomic mass is 16.6. The van der Waals surface area contributed by atoms with Crippen molar-refractivity contribution < 1.29 is 23.8 Å². The molecule has 1 unspecified atom stereocenters. The zero-order valence-electron chi connectivity index (χ0n) is 18.8. The van der Waals surface area contributed by atoms with Gasteiger partial charge in [0.05, 0.1) is 13.2 Å². The largest absolute Gasteiger partial charge is 0.459 e. The van der Waals surface area contributed by atoms with Crippen molar-refractivity contribution in [2.45, 2.75) is 32.9 Å². The van der Waals surface area contributed by atoms with Crippen molar-refractivity contribution in [3.05, 3.63) is 66.2 Å². The quantitative estimate of drug-likeness (QED) is 0.600. The van der Waals surface area contributed by atoms with E-state index < -0.39 is 23.5 Å². The Kier molecular flexibility index (Phi) is 8.64. The Morgan fingerprint density at radius 3 is 2.31 bits per heavy atom. The number of hydrogen-bond acceptors (Lipinski definition) is 6. The van der Waals surface area contributed by atoms with Crippen molar-refractivity contribution in [3.63, 3.8) is 0 Å². The highest BCUT2D eigenvalue weighted by molar-refractivity contribution is 5.83. The average Bonchev–Trinajstić information content (AvgIpc) is 2.82. The maximum Gasteiger partial charge on any atom is 0.413 e. The maximum absolute atomic E-state index is 13.1. The summed E-state index contributed by atoms with van der Waals surface area (Å²) < 4.78 is 16.4. The second-order valence-electron chi connectivity index (χ2n) is 8.57. The van der Waals surface area contributed by atoms with Gasteiger partial charge in [0.25, 0.3) is 0 Å².